The second-order valence-electron chi connectivity index (χ2n) is 7.94. The number of rotatable bonds is 4. The Kier molecular flexibility index (Phi) is 6.83. The van der Waals surface area contributed by atoms with Crippen LogP contribution in [0.3, 0.4) is 0 Å². The molecule has 184 valence electrons. The molecule has 0 aliphatic rings. The van der Waals surface area contributed by atoms with Crippen LogP contribution in [0, 0.1) is 0 Å². The third-order valence-electron chi connectivity index (χ3n) is 5.46. The van der Waals surface area contributed by atoms with Crippen molar-refractivity contribution in [3.8, 4) is 22.5 Å². The van der Waals surface area contributed by atoms with Gasteiger partial charge in [0, 0.05) is 30.5 Å². The van der Waals surface area contributed by atoms with Crippen LogP contribution in [0.25, 0.3) is 44.5 Å². The van der Waals surface area contributed by atoms with Gasteiger partial charge in [-0.2, -0.15) is 0 Å². The average molecular weight is 786 g/mol. The lowest BCUT2D eigenvalue weighted by molar-refractivity contribution is 0.561. The van der Waals surface area contributed by atoms with Crippen LogP contribution in [-0.2, 0) is 6.42 Å². The van der Waals surface area contributed by atoms with Crippen molar-refractivity contribution in [1.82, 2.24) is 9.97 Å². The third-order valence-corrected chi connectivity index (χ3v) is 9.25. The van der Waals surface area contributed by atoms with Crippen LogP contribution < -0.4 is 11.3 Å². The van der Waals surface area contributed by atoms with Gasteiger partial charge < -0.3 is 8.83 Å². The second-order valence-corrected chi connectivity index (χ2v) is 13.4. The highest BCUT2D eigenvalue weighted by Crippen LogP contribution is 2.32. The SMILES string of the molecule is O=c1oc2c(Br)cc(Br)cc2cc1-c1csc(Cc2nc(-c3cc4cc(Br)cc(Br)c4oc3=O)cs2)n1. The predicted molar refractivity (Wildman–Crippen MR) is 161 cm³/mol. The molecule has 6 aromatic rings. The fourth-order valence-electron chi connectivity index (χ4n) is 3.83. The standard InChI is InChI=1S/C25H10Br4N2O4S2/c26-12-1-10-3-14(24(32)34-22(10)16(28)5-12)18-8-36-20(30-18)7-21-31-19(9-37-21)15-4-11-2-13(27)6-17(29)23(11)35-25(15)33/h1-6,8-9H,7H2. The minimum Gasteiger partial charge on any atom is -0.421 e. The molecule has 2 aromatic carbocycles. The van der Waals surface area contributed by atoms with E-state index in [1.807, 2.05) is 35.0 Å². The van der Waals surface area contributed by atoms with Crippen molar-refractivity contribution in [3.63, 3.8) is 0 Å². The van der Waals surface area contributed by atoms with Gasteiger partial charge in [-0.1, -0.05) is 31.9 Å². The van der Waals surface area contributed by atoms with E-state index in [0.29, 0.717) is 49.0 Å². The first-order valence-electron chi connectivity index (χ1n) is 10.5. The molecule has 0 bridgehead atoms. The molecule has 6 rings (SSSR count). The van der Waals surface area contributed by atoms with Gasteiger partial charge in [0.05, 0.1) is 37.9 Å². The van der Waals surface area contributed by atoms with Crippen molar-refractivity contribution in [2.45, 2.75) is 6.42 Å². The van der Waals surface area contributed by atoms with Crippen LogP contribution in [0.1, 0.15) is 10.0 Å². The molecule has 0 aliphatic heterocycles. The molecular weight excluding hydrogens is 776 g/mol. The Balaban J connectivity index is 1.30. The maximum absolute atomic E-state index is 12.7. The molecule has 0 amide bonds. The summed E-state index contributed by atoms with van der Waals surface area (Å²) in [5.41, 5.74) is 1.96. The molecule has 6 nitrogen and oxygen atoms in total. The molecule has 0 saturated heterocycles. The highest BCUT2D eigenvalue weighted by molar-refractivity contribution is 9.11. The monoisotopic (exact) mass is 782 g/mol. The Labute approximate surface area is 249 Å². The van der Waals surface area contributed by atoms with E-state index in [9.17, 15) is 9.59 Å². The van der Waals surface area contributed by atoms with Gasteiger partial charge in [0.1, 0.15) is 10.0 Å². The molecule has 4 heterocycles. The van der Waals surface area contributed by atoms with E-state index < -0.39 is 11.3 Å². The Morgan fingerprint density at radius 3 is 1.51 bits per heavy atom. The van der Waals surface area contributed by atoms with Gasteiger partial charge in [-0.05, 0) is 68.3 Å². The van der Waals surface area contributed by atoms with Crippen LogP contribution in [0.15, 0.2) is 83.5 Å². The Hall–Kier alpha value is -1.96. The summed E-state index contributed by atoms with van der Waals surface area (Å²) in [5.74, 6) is 0. The van der Waals surface area contributed by atoms with Crippen LogP contribution in [-0.4, -0.2) is 9.97 Å². The first kappa shape index (κ1) is 25.3. The van der Waals surface area contributed by atoms with Gasteiger partial charge in [-0.3, -0.25) is 0 Å². The number of aromatic nitrogens is 2. The quantitative estimate of drug-likeness (QED) is 0.166. The lowest BCUT2D eigenvalue weighted by Crippen LogP contribution is -2.03. The molecule has 0 spiro atoms. The Morgan fingerprint density at radius 1 is 0.649 bits per heavy atom. The molecule has 37 heavy (non-hydrogen) atoms. The predicted octanol–water partition coefficient (Wildman–Crippen LogP) is 8.79. The van der Waals surface area contributed by atoms with E-state index in [-0.39, 0.29) is 0 Å². The number of thiazole rings is 2. The van der Waals surface area contributed by atoms with Crippen molar-refractivity contribution < 1.29 is 8.83 Å². The molecule has 0 N–H and O–H groups in total. The highest BCUT2D eigenvalue weighted by atomic mass is 79.9. The van der Waals surface area contributed by atoms with Crippen molar-refractivity contribution in [2.24, 2.45) is 0 Å². The van der Waals surface area contributed by atoms with E-state index in [0.717, 1.165) is 29.7 Å². The number of hydrogen-bond donors (Lipinski definition) is 0. The summed E-state index contributed by atoms with van der Waals surface area (Å²) in [6.45, 7) is 0. The molecule has 0 radical (unpaired) electrons. The minimum atomic E-state index is -0.454. The molecule has 0 fully saturated rings. The van der Waals surface area contributed by atoms with Crippen molar-refractivity contribution in [2.75, 3.05) is 0 Å². The van der Waals surface area contributed by atoms with Crippen molar-refractivity contribution in [3.05, 3.63) is 95.9 Å². The molecule has 0 aliphatic carbocycles. The van der Waals surface area contributed by atoms with Crippen LogP contribution in [0.5, 0.6) is 0 Å². The fraction of sp³-hybridized carbons (Fsp3) is 0.0400. The summed E-state index contributed by atoms with van der Waals surface area (Å²) in [5, 5.41) is 6.82. The number of hydrogen-bond acceptors (Lipinski definition) is 8. The molecule has 12 heteroatoms. The largest absolute Gasteiger partial charge is 0.421 e. The maximum atomic E-state index is 12.7. The number of nitrogens with zero attached hydrogens (tertiary/aromatic N) is 2. The molecule has 4 aromatic heterocycles. The lowest BCUT2D eigenvalue weighted by atomic mass is 10.1. The van der Waals surface area contributed by atoms with Gasteiger partial charge in [0.25, 0.3) is 0 Å². The van der Waals surface area contributed by atoms with Gasteiger partial charge in [0.2, 0.25) is 0 Å². The van der Waals surface area contributed by atoms with Gasteiger partial charge in [-0.15, -0.1) is 22.7 Å². The van der Waals surface area contributed by atoms with E-state index in [1.165, 1.54) is 22.7 Å². The van der Waals surface area contributed by atoms with Crippen molar-refractivity contribution in [1.29, 1.82) is 0 Å². The number of benzene rings is 2. The summed E-state index contributed by atoms with van der Waals surface area (Å²) in [7, 11) is 0. The van der Waals surface area contributed by atoms with E-state index in [4.69, 9.17) is 8.83 Å². The summed E-state index contributed by atoms with van der Waals surface area (Å²) in [6, 6.07) is 11.0. The van der Waals surface area contributed by atoms with Crippen LogP contribution in [0.2, 0.25) is 0 Å². The zero-order valence-corrected chi connectivity index (χ0v) is 26.2. The first-order valence-corrected chi connectivity index (χ1v) is 15.4. The van der Waals surface area contributed by atoms with Gasteiger partial charge in [-0.25, -0.2) is 19.6 Å². The minimum absolute atomic E-state index is 0.394. The normalized spacial score (nSPS) is 11.6. The Bertz CT molecular complexity index is 1830. The smallest absolute Gasteiger partial charge is 0.345 e. The third kappa shape index (κ3) is 4.95. The van der Waals surface area contributed by atoms with E-state index in [1.54, 1.807) is 12.1 Å². The zero-order valence-electron chi connectivity index (χ0n) is 18.2. The highest BCUT2D eigenvalue weighted by Gasteiger charge is 2.17. The number of halogens is 4. The van der Waals surface area contributed by atoms with E-state index in [2.05, 4.69) is 73.7 Å². The molecule has 0 unspecified atom stereocenters. The fourth-order valence-corrected chi connectivity index (χ4v) is 8.20. The number of fused-ring (bicyclic) bond motifs is 2. The van der Waals surface area contributed by atoms with E-state index >= 15 is 0 Å². The topological polar surface area (TPSA) is 86.2 Å². The molecular formula is C25H10Br4N2O4S2. The summed E-state index contributed by atoms with van der Waals surface area (Å²) < 4.78 is 14.2. The average Bonchev–Trinajstić information content (AvgIpc) is 3.49. The van der Waals surface area contributed by atoms with Crippen LogP contribution in [0.4, 0.5) is 0 Å². The van der Waals surface area contributed by atoms with Crippen molar-refractivity contribution >= 4 is 108 Å². The summed E-state index contributed by atoms with van der Waals surface area (Å²) in [6.07, 6.45) is 0.474. The lowest BCUT2D eigenvalue weighted by Gasteiger charge is -2.03. The second kappa shape index (κ2) is 9.97. The summed E-state index contributed by atoms with van der Waals surface area (Å²) in [4.78, 5) is 34.7. The molecule has 0 atom stereocenters. The Morgan fingerprint density at radius 2 is 1.08 bits per heavy atom. The zero-order chi connectivity index (χ0) is 25.8. The molecule has 0 saturated carbocycles. The van der Waals surface area contributed by atoms with Crippen LogP contribution >= 0.6 is 86.4 Å². The summed E-state index contributed by atoms with van der Waals surface area (Å²) >= 11 is 16.7. The van der Waals surface area contributed by atoms with Gasteiger partial charge in [0.15, 0.2) is 11.2 Å². The maximum Gasteiger partial charge on any atom is 0.345 e. The van der Waals surface area contributed by atoms with Gasteiger partial charge >= 0.3 is 11.3 Å². The first-order chi connectivity index (χ1) is 17.7.